The molecule has 3 aromatic rings. The minimum absolute atomic E-state index is 0.00634. The van der Waals surface area contributed by atoms with Crippen LogP contribution in [0.15, 0.2) is 36.4 Å². The van der Waals surface area contributed by atoms with Gasteiger partial charge in [0.05, 0.1) is 15.6 Å². The summed E-state index contributed by atoms with van der Waals surface area (Å²) in [6.45, 7) is -0.233. The van der Waals surface area contributed by atoms with Crippen LogP contribution in [-0.2, 0) is 16.1 Å². The maximum Gasteiger partial charge on any atom is 0.306 e. The average Bonchev–Trinajstić information content (AvgIpc) is 3.12. The molecule has 0 spiro atoms. The fraction of sp³-hybridized carbons (Fsp3) is 0.167. The molecule has 11 heteroatoms. The first-order valence-electron chi connectivity index (χ1n) is 8.36. The van der Waals surface area contributed by atoms with Gasteiger partial charge in [-0.2, -0.15) is 15.0 Å². The topological polar surface area (TPSA) is 120 Å². The van der Waals surface area contributed by atoms with Crippen molar-refractivity contribution in [3.63, 3.8) is 0 Å². The number of carbonyl (C=O) groups excluding carboxylic acids is 2. The summed E-state index contributed by atoms with van der Waals surface area (Å²) in [7, 11) is 0. The van der Waals surface area contributed by atoms with Gasteiger partial charge in [0.25, 0.3) is 0 Å². The number of thiophene rings is 1. The summed E-state index contributed by atoms with van der Waals surface area (Å²) in [6, 6.07) is 8.81. The lowest BCUT2D eigenvalue weighted by Crippen LogP contribution is -2.12. The van der Waals surface area contributed by atoms with Crippen molar-refractivity contribution in [1.29, 1.82) is 0 Å². The summed E-state index contributed by atoms with van der Waals surface area (Å²) in [5.74, 6) is -0.951. The summed E-state index contributed by atoms with van der Waals surface area (Å²) in [5.41, 5.74) is 6.20. The third-order valence-corrected chi connectivity index (χ3v) is 4.84. The van der Waals surface area contributed by atoms with Gasteiger partial charge >= 0.3 is 5.97 Å². The number of nitrogens with two attached hydrogens (primary N) is 1. The number of rotatable bonds is 8. The van der Waals surface area contributed by atoms with E-state index >= 15 is 0 Å². The van der Waals surface area contributed by atoms with Crippen molar-refractivity contribution in [3.8, 4) is 0 Å². The number of nitrogens with zero attached hydrogens (tertiary/aromatic N) is 3. The minimum atomic E-state index is -0.576. The molecule has 3 rings (SSSR count). The van der Waals surface area contributed by atoms with Crippen LogP contribution in [-0.4, -0.2) is 26.7 Å². The Morgan fingerprint density at radius 2 is 1.86 bits per heavy atom. The lowest BCUT2D eigenvalue weighted by molar-refractivity contribution is -0.145. The van der Waals surface area contributed by atoms with Crippen LogP contribution in [0.5, 0.6) is 0 Å². The molecule has 29 heavy (non-hydrogen) atoms. The van der Waals surface area contributed by atoms with Crippen molar-refractivity contribution in [2.75, 3.05) is 11.1 Å². The van der Waals surface area contributed by atoms with Gasteiger partial charge in [0.1, 0.15) is 5.82 Å². The number of nitrogen functional groups attached to an aromatic ring is 1. The first-order chi connectivity index (χ1) is 13.9. The monoisotopic (exact) mass is 435 g/mol. The number of hydrogen-bond acceptors (Lipinski definition) is 9. The van der Waals surface area contributed by atoms with Gasteiger partial charge in [-0.3, -0.25) is 9.59 Å². The van der Waals surface area contributed by atoms with Crippen molar-refractivity contribution in [2.45, 2.75) is 19.4 Å². The normalized spacial score (nSPS) is 10.6. The summed E-state index contributed by atoms with van der Waals surface area (Å²) >= 11 is 6.95. The molecule has 0 radical (unpaired) electrons. The molecule has 2 heterocycles. The number of esters is 1. The summed E-state index contributed by atoms with van der Waals surface area (Å²) in [6.07, 6.45) is -0.0814. The SMILES string of the molecule is Nc1nc(COC(=O)CCC(=O)c2ccc(Cl)s2)nc(Nc2ccc(F)cc2)n1. The number of ketones is 1. The molecule has 0 saturated heterocycles. The van der Waals surface area contributed by atoms with E-state index in [-0.39, 0.29) is 48.8 Å². The number of aromatic nitrogens is 3. The van der Waals surface area contributed by atoms with E-state index in [0.717, 1.165) is 11.3 Å². The molecule has 0 bridgehead atoms. The largest absolute Gasteiger partial charge is 0.457 e. The molecular weight excluding hydrogens is 421 g/mol. The van der Waals surface area contributed by atoms with E-state index in [9.17, 15) is 14.0 Å². The Kier molecular flexibility index (Phi) is 6.68. The molecule has 0 aliphatic carbocycles. The maximum absolute atomic E-state index is 13.0. The molecule has 0 aliphatic rings. The summed E-state index contributed by atoms with van der Waals surface area (Å²) in [4.78, 5) is 36.3. The Bertz CT molecular complexity index is 1030. The zero-order valence-corrected chi connectivity index (χ0v) is 16.5. The van der Waals surface area contributed by atoms with E-state index < -0.39 is 5.97 Å². The van der Waals surface area contributed by atoms with Crippen LogP contribution in [0.1, 0.15) is 28.3 Å². The number of nitrogens with one attached hydrogen (secondary N) is 1. The number of hydrogen-bond donors (Lipinski definition) is 2. The molecular formula is C18H15ClFN5O3S. The van der Waals surface area contributed by atoms with Crippen LogP contribution in [0.4, 0.5) is 22.0 Å². The first-order valence-corrected chi connectivity index (χ1v) is 9.55. The third kappa shape index (κ3) is 6.19. The molecule has 0 amide bonds. The molecule has 0 atom stereocenters. The van der Waals surface area contributed by atoms with Crippen LogP contribution in [0.3, 0.4) is 0 Å². The van der Waals surface area contributed by atoms with Gasteiger partial charge in [0, 0.05) is 12.1 Å². The van der Waals surface area contributed by atoms with Crippen molar-refractivity contribution < 1.29 is 18.7 Å². The van der Waals surface area contributed by atoms with Crippen molar-refractivity contribution >= 4 is 52.3 Å². The predicted molar refractivity (Wildman–Crippen MR) is 107 cm³/mol. The van der Waals surface area contributed by atoms with E-state index in [2.05, 4.69) is 20.3 Å². The molecule has 0 aliphatic heterocycles. The highest BCUT2D eigenvalue weighted by Crippen LogP contribution is 2.23. The third-order valence-electron chi connectivity index (χ3n) is 3.57. The van der Waals surface area contributed by atoms with Crippen molar-refractivity contribution in [3.05, 3.63) is 57.3 Å². The Labute approximate surface area is 173 Å². The second kappa shape index (κ2) is 9.39. The van der Waals surface area contributed by atoms with Crippen LogP contribution in [0.25, 0.3) is 0 Å². The number of Topliss-reactive ketones (excluding diaryl/α,β-unsaturated/α-hetero) is 1. The van der Waals surface area contributed by atoms with Gasteiger partial charge in [-0.15, -0.1) is 11.3 Å². The molecule has 2 aromatic heterocycles. The van der Waals surface area contributed by atoms with Crippen LogP contribution in [0, 0.1) is 5.82 Å². The average molecular weight is 436 g/mol. The number of ether oxygens (including phenoxy) is 1. The Morgan fingerprint density at radius 1 is 1.10 bits per heavy atom. The van der Waals surface area contributed by atoms with Crippen LogP contribution < -0.4 is 11.1 Å². The second-order valence-corrected chi connectivity index (χ2v) is 7.47. The van der Waals surface area contributed by atoms with Crippen molar-refractivity contribution in [1.82, 2.24) is 15.0 Å². The van der Waals surface area contributed by atoms with Crippen LogP contribution in [0.2, 0.25) is 4.34 Å². The smallest absolute Gasteiger partial charge is 0.306 e. The fourth-order valence-corrected chi connectivity index (χ4v) is 3.25. The van der Waals surface area contributed by atoms with E-state index in [4.69, 9.17) is 22.1 Å². The van der Waals surface area contributed by atoms with Gasteiger partial charge < -0.3 is 15.8 Å². The van der Waals surface area contributed by atoms with E-state index in [1.54, 1.807) is 12.1 Å². The molecule has 1 aromatic carbocycles. The lowest BCUT2D eigenvalue weighted by atomic mass is 10.2. The zero-order chi connectivity index (χ0) is 20.8. The molecule has 0 fully saturated rings. The first kappa shape index (κ1) is 20.6. The molecule has 0 saturated carbocycles. The standard InChI is InChI=1S/C18H15ClFN5O3S/c19-14-7-6-13(29-14)12(26)5-8-16(27)28-9-15-23-17(21)25-18(24-15)22-11-3-1-10(20)2-4-11/h1-4,6-7H,5,8-9H2,(H3,21,22,23,24,25). The molecule has 3 N–H and O–H groups in total. The quantitative estimate of drug-likeness (QED) is 0.405. The Morgan fingerprint density at radius 3 is 2.55 bits per heavy atom. The molecule has 0 unspecified atom stereocenters. The lowest BCUT2D eigenvalue weighted by Gasteiger charge is -2.08. The molecule has 8 nitrogen and oxygen atoms in total. The highest BCUT2D eigenvalue weighted by molar-refractivity contribution is 7.18. The van der Waals surface area contributed by atoms with Gasteiger partial charge in [-0.1, -0.05) is 11.6 Å². The second-order valence-electron chi connectivity index (χ2n) is 5.75. The number of anilines is 3. The number of benzene rings is 1. The Balaban J connectivity index is 1.53. The summed E-state index contributed by atoms with van der Waals surface area (Å²) in [5, 5.41) is 2.86. The Hall–Kier alpha value is -3.11. The van der Waals surface area contributed by atoms with Gasteiger partial charge in [-0.05, 0) is 36.4 Å². The highest BCUT2D eigenvalue weighted by Gasteiger charge is 2.13. The maximum atomic E-state index is 13.0. The number of carbonyl (C=O) groups is 2. The molecule has 150 valence electrons. The predicted octanol–water partition coefficient (Wildman–Crippen LogP) is 3.76. The van der Waals surface area contributed by atoms with Crippen molar-refractivity contribution in [2.24, 2.45) is 0 Å². The highest BCUT2D eigenvalue weighted by atomic mass is 35.5. The van der Waals surface area contributed by atoms with Gasteiger partial charge in [-0.25, -0.2) is 4.39 Å². The van der Waals surface area contributed by atoms with Gasteiger partial charge in [0.15, 0.2) is 18.2 Å². The van der Waals surface area contributed by atoms with Crippen LogP contribution >= 0.6 is 22.9 Å². The fourth-order valence-electron chi connectivity index (χ4n) is 2.24. The zero-order valence-electron chi connectivity index (χ0n) is 14.9. The minimum Gasteiger partial charge on any atom is -0.457 e. The number of halogens is 2. The van der Waals surface area contributed by atoms with E-state index in [1.807, 2.05) is 0 Å². The van der Waals surface area contributed by atoms with E-state index in [1.165, 1.54) is 24.3 Å². The van der Waals surface area contributed by atoms with E-state index in [0.29, 0.717) is 14.9 Å². The van der Waals surface area contributed by atoms with Gasteiger partial charge in [0.2, 0.25) is 11.9 Å². The summed E-state index contributed by atoms with van der Waals surface area (Å²) < 4.78 is 18.6.